The Morgan fingerprint density at radius 3 is 1.22 bits per heavy atom. The van der Waals surface area contributed by atoms with E-state index >= 15 is 0 Å². The first-order chi connectivity index (χ1) is 12.4. The van der Waals surface area contributed by atoms with Gasteiger partial charge in [-0.15, -0.1) is 12.4 Å². The van der Waals surface area contributed by atoms with Gasteiger partial charge in [0.2, 0.25) is 0 Å². The first kappa shape index (κ1) is 25.4. The molecule has 0 aromatic heterocycles. The molecule has 0 aliphatic heterocycles. The highest BCUT2D eigenvalue weighted by atomic mass is 35.5. The van der Waals surface area contributed by atoms with Crippen molar-refractivity contribution >= 4 is 24.3 Å². The molecule has 0 aliphatic carbocycles. The van der Waals surface area contributed by atoms with Crippen LogP contribution in [-0.2, 0) is 9.47 Å². The van der Waals surface area contributed by atoms with Crippen molar-refractivity contribution in [3.05, 3.63) is 35.4 Å². The number of nitrogens with zero attached hydrogens (tertiary/aromatic N) is 2. The second kappa shape index (κ2) is 12.7. The molecule has 0 radical (unpaired) electrons. The molecule has 0 amide bonds. The lowest BCUT2D eigenvalue weighted by atomic mass is 10.1. The standard InChI is InChI=1S/C20H32N2O4.ClH/c1-7-21(8-2)15(5)25-19(23)17-11-13-18(14-12-17)20(24)26-16(6)22(9-3)10-4;/h11-16H,7-10H2,1-6H3;1H. The zero-order chi connectivity index (χ0) is 19.7. The van der Waals surface area contributed by atoms with Crippen LogP contribution in [0.2, 0.25) is 0 Å². The monoisotopic (exact) mass is 400 g/mol. The summed E-state index contributed by atoms with van der Waals surface area (Å²) in [5.41, 5.74) is 0.828. The molecule has 0 aliphatic rings. The number of benzene rings is 1. The van der Waals surface area contributed by atoms with E-state index < -0.39 is 11.9 Å². The summed E-state index contributed by atoms with van der Waals surface area (Å²) in [5.74, 6) is -0.804. The third-order valence-electron chi connectivity index (χ3n) is 4.56. The van der Waals surface area contributed by atoms with Crippen LogP contribution in [0, 0.1) is 0 Å². The van der Waals surface area contributed by atoms with Crippen molar-refractivity contribution in [2.75, 3.05) is 26.2 Å². The number of carbonyl (C=O) groups is 2. The molecule has 7 heteroatoms. The van der Waals surface area contributed by atoms with E-state index in [-0.39, 0.29) is 24.9 Å². The molecule has 0 saturated heterocycles. The number of halogens is 1. The van der Waals surface area contributed by atoms with Gasteiger partial charge in [0.1, 0.15) is 0 Å². The predicted octanol–water partition coefficient (Wildman–Crippen LogP) is 3.80. The Kier molecular flexibility index (Phi) is 11.9. The molecule has 0 heterocycles. The molecule has 2 atom stereocenters. The van der Waals surface area contributed by atoms with Gasteiger partial charge in [0, 0.05) is 0 Å². The number of rotatable bonds is 10. The third kappa shape index (κ3) is 7.48. The molecule has 27 heavy (non-hydrogen) atoms. The fraction of sp³-hybridized carbons (Fsp3) is 0.600. The fourth-order valence-corrected chi connectivity index (χ4v) is 2.81. The van der Waals surface area contributed by atoms with Gasteiger partial charge in [-0.25, -0.2) is 9.59 Å². The Morgan fingerprint density at radius 2 is 1.00 bits per heavy atom. The average molecular weight is 401 g/mol. The number of hydrogen-bond acceptors (Lipinski definition) is 6. The molecule has 6 nitrogen and oxygen atoms in total. The summed E-state index contributed by atoms with van der Waals surface area (Å²) < 4.78 is 10.9. The minimum atomic E-state index is -0.402. The Hall–Kier alpha value is -1.63. The first-order valence-corrected chi connectivity index (χ1v) is 9.37. The van der Waals surface area contributed by atoms with Crippen molar-refractivity contribution in [3.8, 4) is 0 Å². The highest BCUT2D eigenvalue weighted by molar-refractivity contribution is 5.93. The molecule has 2 unspecified atom stereocenters. The van der Waals surface area contributed by atoms with Crippen molar-refractivity contribution < 1.29 is 19.1 Å². The topological polar surface area (TPSA) is 59.1 Å². The molecule has 0 N–H and O–H groups in total. The molecule has 154 valence electrons. The zero-order valence-electron chi connectivity index (χ0n) is 17.2. The van der Waals surface area contributed by atoms with Gasteiger partial charge in [-0.1, -0.05) is 27.7 Å². The van der Waals surface area contributed by atoms with Gasteiger partial charge in [0.15, 0.2) is 12.5 Å². The van der Waals surface area contributed by atoms with E-state index in [2.05, 4.69) is 0 Å². The second-order valence-corrected chi connectivity index (χ2v) is 6.03. The number of ether oxygens (including phenoxy) is 2. The molecule has 1 aromatic carbocycles. The van der Waals surface area contributed by atoms with E-state index in [1.165, 1.54) is 0 Å². The Morgan fingerprint density at radius 1 is 0.741 bits per heavy atom. The summed E-state index contributed by atoms with van der Waals surface area (Å²) in [6.07, 6.45) is -0.589. The molecular formula is C20H33ClN2O4. The number of hydrogen-bond donors (Lipinski definition) is 0. The Balaban J connectivity index is 0.00000676. The summed E-state index contributed by atoms with van der Waals surface area (Å²) in [6.45, 7) is 15.0. The minimum absolute atomic E-state index is 0. The number of carbonyl (C=O) groups excluding carboxylic acids is 2. The van der Waals surface area contributed by atoms with E-state index in [0.29, 0.717) is 11.1 Å². The van der Waals surface area contributed by atoms with E-state index in [0.717, 1.165) is 26.2 Å². The van der Waals surface area contributed by atoms with E-state index in [1.807, 2.05) is 51.3 Å². The lowest BCUT2D eigenvalue weighted by Crippen LogP contribution is -2.36. The summed E-state index contributed by atoms with van der Waals surface area (Å²) in [6, 6.07) is 6.37. The predicted molar refractivity (Wildman–Crippen MR) is 109 cm³/mol. The summed E-state index contributed by atoms with van der Waals surface area (Å²) in [4.78, 5) is 28.6. The van der Waals surface area contributed by atoms with Crippen LogP contribution in [0.1, 0.15) is 62.3 Å². The maximum absolute atomic E-state index is 12.2. The molecule has 0 fully saturated rings. The van der Waals surface area contributed by atoms with E-state index in [1.54, 1.807) is 24.3 Å². The van der Waals surface area contributed by atoms with Gasteiger partial charge in [0.05, 0.1) is 11.1 Å². The van der Waals surface area contributed by atoms with Crippen molar-refractivity contribution in [1.82, 2.24) is 9.80 Å². The highest BCUT2D eigenvalue weighted by Crippen LogP contribution is 2.12. The van der Waals surface area contributed by atoms with Gasteiger partial charge in [0.25, 0.3) is 0 Å². The van der Waals surface area contributed by atoms with Crippen LogP contribution in [0.15, 0.2) is 24.3 Å². The van der Waals surface area contributed by atoms with Gasteiger partial charge in [-0.2, -0.15) is 0 Å². The SMILES string of the molecule is CCN(CC)C(C)OC(=O)c1ccc(C(=O)OC(C)N(CC)CC)cc1.Cl. The number of esters is 2. The van der Waals surface area contributed by atoms with Gasteiger partial charge in [-0.3, -0.25) is 9.80 Å². The van der Waals surface area contributed by atoms with Crippen LogP contribution in [0.5, 0.6) is 0 Å². The lowest BCUT2D eigenvalue weighted by molar-refractivity contribution is -0.0208. The van der Waals surface area contributed by atoms with Crippen molar-refractivity contribution in [2.45, 2.75) is 54.0 Å². The van der Waals surface area contributed by atoms with Crippen LogP contribution in [0.25, 0.3) is 0 Å². The van der Waals surface area contributed by atoms with Gasteiger partial charge >= 0.3 is 11.9 Å². The van der Waals surface area contributed by atoms with Crippen molar-refractivity contribution in [3.63, 3.8) is 0 Å². The van der Waals surface area contributed by atoms with E-state index in [9.17, 15) is 9.59 Å². The van der Waals surface area contributed by atoms with E-state index in [4.69, 9.17) is 9.47 Å². The smallest absolute Gasteiger partial charge is 0.339 e. The maximum Gasteiger partial charge on any atom is 0.339 e. The van der Waals surface area contributed by atoms with Crippen LogP contribution < -0.4 is 0 Å². The average Bonchev–Trinajstić information content (AvgIpc) is 2.63. The lowest BCUT2D eigenvalue weighted by Gasteiger charge is -2.26. The summed E-state index contributed by atoms with van der Waals surface area (Å²) >= 11 is 0. The molecule has 0 bridgehead atoms. The zero-order valence-corrected chi connectivity index (χ0v) is 18.0. The molecular weight excluding hydrogens is 368 g/mol. The van der Waals surface area contributed by atoms with Gasteiger partial charge in [-0.05, 0) is 64.3 Å². The normalized spacial score (nSPS) is 13.0. The van der Waals surface area contributed by atoms with Crippen LogP contribution in [-0.4, -0.2) is 60.4 Å². The van der Waals surface area contributed by atoms with Crippen LogP contribution >= 0.6 is 12.4 Å². The summed E-state index contributed by atoms with van der Waals surface area (Å²) in [5, 5.41) is 0. The molecule has 0 spiro atoms. The second-order valence-electron chi connectivity index (χ2n) is 6.03. The quantitative estimate of drug-likeness (QED) is 0.440. The Bertz CT molecular complexity index is 521. The molecule has 1 rings (SSSR count). The van der Waals surface area contributed by atoms with Gasteiger partial charge < -0.3 is 9.47 Å². The Labute approximate surface area is 169 Å². The molecule has 0 saturated carbocycles. The minimum Gasteiger partial charge on any atom is -0.443 e. The molecule has 1 aromatic rings. The van der Waals surface area contributed by atoms with Crippen molar-refractivity contribution in [1.29, 1.82) is 0 Å². The summed E-state index contributed by atoms with van der Waals surface area (Å²) in [7, 11) is 0. The van der Waals surface area contributed by atoms with Crippen LogP contribution in [0.4, 0.5) is 0 Å². The largest absolute Gasteiger partial charge is 0.443 e. The highest BCUT2D eigenvalue weighted by Gasteiger charge is 2.19. The van der Waals surface area contributed by atoms with Crippen molar-refractivity contribution in [2.24, 2.45) is 0 Å². The van der Waals surface area contributed by atoms with Crippen LogP contribution in [0.3, 0.4) is 0 Å². The first-order valence-electron chi connectivity index (χ1n) is 9.37. The third-order valence-corrected chi connectivity index (χ3v) is 4.56. The fourth-order valence-electron chi connectivity index (χ4n) is 2.81. The maximum atomic E-state index is 12.2.